The van der Waals surface area contributed by atoms with E-state index in [4.69, 9.17) is 10.2 Å². The van der Waals surface area contributed by atoms with Crippen LogP contribution in [0.3, 0.4) is 0 Å². The number of nitrogens with two attached hydrogens (primary N) is 1. The number of amides is 2. The molecule has 0 aliphatic heterocycles. The molecule has 4 N–H and O–H groups in total. The lowest BCUT2D eigenvalue weighted by Crippen LogP contribution is -2.32. The number of anilines is 1. The highest BCUT2D eigenvalue weighted by Gasteiger charge is 2.18. The smallest absolute Gasteiger partial charge is 0.258 e. The van der Waals surface area contributed by atoms with Crippen molar-refractivity contribution in [1.29, 1.82) is 0 Å². The van der Waals surface area contributed by atoms with Gasteiger partial charge < -0.3 is 20.8 Å². The molecule has 3 rings (SSSR count). The molecule has 1 aliphatic rings. The van der Waals surface area contributed by atoms with Crippen LogP contribution in [0.15, 0.2) is 34.9 Å². The minimum atomic E-state index is -0.269. The van der Waals surface area contributed by atoms with Crippen LogP contribution in [0.4, 0.5) is 5.69 Å². The molecule has 0 unspecified atom stereocenters. The molecule has 1 heterocycles. The zero-order valence-corrected chi connectivity index (χ0v) is 15.5. The van der Waals surface area contributed by atoms with E-state index < -0.39 is 0 Å². The van der Waals surface area contributed by atoms with Gasteiger partial charge in [-0.05, 0) is 49.6 Å². The summed E-state index contributed by atoms with van der Waals surface area (Å²) < 4.78 is 5.18. The Labute approximate surface area is 158 Å². The maximum Gasteiger partial charge on any atom is 0.258 e. The van der Waals surface area contributed by atoms with Crippen molar-refractivity contribution in [2.75, 3.05) is 5.32 Å². The van der Waals surface area contributed by atoms with Crippen molar-refractivity contribution in [2.24, 2.45) is 5.73 Å². The van der Waals surface area contributed by atoms with Crippen LogP contribution in [0, 0.1) is 6.92 Å². The van der Waals surface area contributed by atoms with Crippen molar-refractivity contribution >= 4 is 29.9 Å². The summed E-state index contributed by atoms with van der Waals surface area (Å²) in [6.07, 6.45) is 5.84. The van der Waals surface area contributed by atoms with Gasteiger partial charge in [-0.25, -0.2) is 0 Å². The van der Waals surface area contributed by atoms with Gasteiger partial charge in [0.1, 0.15) is 12.0 Å². The zero-order valence-electron chi connectivity index (χ0n) is 14.7. The van der Waals surface area contributed by atoms with Gasteiger partial charge in [-0.2, -0.15) is 0 Å². The quantitative estimate of drug-likeness (QED) is 0.743. The molecule has 140 valence electrons. The third-order valence-electron chi connectivity index (χ3n) is 4.54. The second-order valence-corrected chi connectivity index (χ2v) is 6.44. The molecule has 2 aromatic rings. The summed E-state index contributed by atoms with van der Waals surface area (Å²) in [5.41, 5.74) is 8.00. The Balaban J connectivity index is 0.00000243. The van der Waals surface area contributed by atoms with Gasteiger partial charge in [0, 0.05) is 17.3 Å². The lowest BCUT2D eigenvalue weighted by atomic mass is 10.1. The van der Waals surface area contributed by atoms with Crippen LogP contribution in [0.25, 0.3) is 0 Å². The summed E-state index contributed by atoms with van der Waals surface area (Å²) in [6.45, 7) is 2.11. The molecule has 26 heavy (non-hydrogen) atoms. The van der Waals surface area contributed by atoms with E-state index in [2.05, 4.69) is 10.6 Å². The van der Waals surface area contributed by atoms with Crippen molar-refractivity contribution in [3.05, 3.63) is 53.0 Å². The van der Waals surface area contributed by atoms with Crippen molar-refractivity contribution in [1.82, 2.24) is 5.32 Å². The van der Waals surface area contributed by atoms with E-state index in [1.807, 2.05) is 6.92 Å². The predicted octanol–water partition coefficient (Wildman–Crippen LogP) is 3.39. The van der Waals surface area contributed by atoms with Gasteiger partial charge in [0.25, 0.3) is 11.8 Å². The number of hydrogen-bond acceptors (Lipinski definition) is 4. The Bertz CT molecular complexity index is 782. The third-order valence-corrected chi connectivity index (χ3v) is 4.54. The Morgan fingerprint density at radius 2 is 1.88 bits per heavy atom. The second kappa shape index (κ2) is 8.87. The summed E-state index contributed by atoms with van der Waals surface area (Å²) in [4.78, 5) is 24.6. The molecule has 1 aromatic carbocycles. The fraction of sp³-hybridized carbons (Fsp3) is 0.368. The molecule has 2 amide bonds. The number of halogens is 1. The van der Waals surface area contributed by atoms with Gasteiger partial charge >= 0.3 is 0 Å². The van der Waals surface area contributed by atoms with Crippen LogP contribution in [0.1, 0.15) is 57.7 Å². The van der Waals surface area contributed by atoms with Crippen LogP contribution < -0.4 is 16.4 Å². The highest BCUT2D eigenvalue weighted by atomic mass is 35.5. The van der Waals surface area contributed by atoms with E-state index >= 15 is 0 Å². The molecule has 1 fully saturated rings. The fourth-order valence-corrected chi connectivity index (χ4v) is 3.09. The number of carbonyl (C=O) groups is 2. The lowest BCUT2D eigenvalue weighted by Gasteiger charge is -2.13. The van der Waals surface area contributed by atoms with E-state index in [1.54, 1.807) is 24.3 Å². The van der Waals surface area contributed by atoms with E-state index in [-0.39, 0.29) is 36.8 Å². The molecule has 6 nitrogen and oxygen atoms in total. The predicted molar refractivity (Wildman–Crippen MR) is 103 cm³/mol. The van der Waals surface area contributed by atoms with Crippen LogP contribution in [-0.2, 0) is 6.54 Å². The Kier molecular flexibility index (Phi) is 6.83. The largest absolute Gasteiger partial charge is 0.467 e. The average molecular weight is 378 g/mol. The topological polar surface area (TPSA) is 97.4 Å². The number of carbonyl (C=O) groups excluding carboxylic acids is 2. The maximum absolute atomic E-state index is 12.3. The van der Waals surface area contributed by atoms with Crippen molar-refractivity contribution in [2.45, 2.75) is 45.2 Å². The lowest BCUT2D eigenvalue weighted by molar-refractivity contribution is 0.0937. The molecular formula is C19H24ClN3O3. The van der Waals surface area contributed by atoms with Gasteiger partial charge in [-0.1, -0.05) is 12.8 Å². The summed E-state index contributed by atoms with van der Waals surface area (Å²) in [7, 11) is 0. The highest BCUT2D eigenvalue weighted by Crippen LogP contribution is 2.21. The fourth-order valence-electron chi connectivity index (χ4n) is 3.09. The molecule has 0 radical (unpaired) electrons. The number of furan rings is 1. The van der Waals surface area contributed by atoms with Gasteiger partial charge in [-0.3, -0.25) is 9.59 Å². The minimum Gasteiger partial charge on any atom is -0.467 e. The van der Waals surface area contributed by atoms with Crippen molar-refractivity contribution < 1.29 is 14.0 Å². The summed E-state index contributed by atoms with van der Waals surface area (Å²) in [5, 5.41) is 5.90. The molecule has 0 atom stereocenters. The first-order valence-electron chi connectivity index (χ1n) is 8.57. The summed E-state index contributed by atoms with van der Waals surface area (Å²) >= 11 is 0. The van der Waals surface area contributed by atoms with Gasteiger partial charge in [0.2, 0.25) is 0 Å². The van der Waals surface area contributed by atoms with Crippen LogP contribution >= 0.6 is 12.4 Å². The number of nitrogens with one attached hydrogen (secondary N) is 2. The van der Waals surface area contributed by atoms with E-state index in [1.165, 1.54) is 19.1 Å². The molecule has 1 saturated carbocycles. The Hall–Kier alpha value is -2.31. The monoisotopic (exact) mass is 377 g/mol. The highest BCUT2D eigenvalue weighted by molar-refractivity contribution is 6.05. The zero-order chi connectivity index (χ0) is 17.8. The number of aryl methyl sites for hydroxylation is 1. The Morgan fingerprint density at radius 1 is 1.15 bits per heavy atom. The minimum absolute atomic E-state index is 0. The molecule has 1 aromatic heterocycles. The first kappa shape index (κ1) is 20.0. The SMILES string of the molecule is Cc1cc(C(=O)NC2CCCC2)ccc1NC(=O)c1coc(CN)c1.Cl. The standard InChI is InChI=1S/C19H23N3O3.ClH/c1-12-8-13(18(23)21-15-4-2-3-5-15)6-7-17(12)22-19(24)14-9-16(10-20)25-11-14;/h6-9,11,15H,2-5,10,20H2,1H3,(H,21,23)(H,22,24);1H. The van der Waals surface area contributed by atoms with Crippen LogP contribution in [-0.4, -0.2) is 17.9 Å². The van der Waals surface area contributed by atoms with E-state index in [9.17, 15) is 9.59 Å². The number of hydrogen-bond donors (Lipinski definition) is 3. The molecular weight excluding hydrogens is 354 g/mol. The number of benzene rings is 1. The summed E-state index contributed by atoms with van der Waals surface area (Å²) in [6, 6.07) is 7.17. The van der Waals surface area contributed by atoms with Gasteiger partial charge in [0.05, 0.1) is 12.1 Å². The molecule has 7 heteroatoms. The van der Waals surface area contributed by atoms with Crippen LogP contribution in [0.5, 0.6) is 0 Å². The molecule has 0 spiro atoms. The summed E-state index contributed by atoms with van der Waals surface area (Å²) in [5.74, 6) is 0.228. The normalized spacial score (nSPS) is 13.9. The van der Waals surface area contributed by atoms with Gasteiger partial charge in [-0.15, -0.1) is 12.4 Å². The molecule has 1 aliphatic carbocycles. The first-order valence-corrected chi connectivity index (χ1v) is 8.57. The van der Waals surface area contributed by atoms with Crippen molar-refractivity contribution in [3.8, 4) is 0 Å². The maximum atomic E-state index is 12.3. The second-order valence-electron chi connectivity index (χ2n) is 6.44. The Morgan fingerprint density at radius 3 is 2.50 bits per heavy atom. The number of rotatable bonds is 5. The van der Waals surface area contributed by atoms with E-state index in [0.29, 0.717) is 22.6 Å². The first-order chi connectivity index (χ1) is 12.1. The van der Waals surface area contributed by atoms with Gasteiger partial charge in [0.15, 0.2) is 0 Å². The van der Waals surface area contributed by atoms with Crippen molar-refractivity contribution in [3.63, 3.8) is 0 Å². The average Bonchev–Trinajstić information content (AvgIpc) is 3.27. The molecule has 0 bridgehead atoms. The van der Waals surface area contributed by atoms with Crippen LogP contribution in [0.2, 0.25) is 0 Å². The molecule has 0 saturated heterocycles. The van der Waals surface area contributed by atoms with E-state index in [0.717, 1.165) is 18.4 Å². The third kappa shape index (κ3) is 4.65.